The molecule has 2 heterocycles. The molecule has 6 heteroatoms. The van der Waals surface area contributed by atoms with E-state index in [1.807, 2.05) is 6.92 Å². The van der Waals surface area contributed by atoms with E-state index < -0.39 is 0 Å². The van der Waals surface area contributed by atoms with Crippen molar-refractivity contribution in [3.8, 4) is 5.75 Å². The Morgan fingerprint density at radius 3 is 2.61 bits per heavy atom. The smallest absolute Gasteiger partial charge is 0.260 e. The van der Waals surface area contributed by atoms with E-state index in [1.165, 1.54) is 0 Å². The molecule has 1 aliphatic heterocycles. The van der Waals surface area contributed by atoms with Gasteiger partial charge in [-0.25, -0.2) is 0 Å². The van der Waals surface area contributed by atoms with Gasteiger partial charge in [-0.3, -0.25) is 19.4 Å². The van der Waals surface area contributed by atoms with E-state index >= 15 is 0 Å². The van der Waals surface area contributed by atoms with Crippen LogP contribution in [0.5, 0.6) is 5.75 Å². The SMILES string of the molecule is CCC(=O)c1ccc(OCC(=O)N2CCC[C@H](C(=O)c3ccccn3)C2)cc1. The van der Waals surface area contributed by atoms with E-state index in [1.54, 1.807) is 53.6 Å². The number of carbonyl (C=O) groups is 3. The van der Waals surface area contributed by atoms with Crippen molar-refractivity contribution in [3.63, 3.8) is 0 Å². The number of pyridine rings is 1. The summed E-state index contributed by atoms with van der Waals surface area (Å²) >= 11 is 0. The summed E-state index contributed by atoms with van der Waals surface area (Å²) in [5.74, 6) is 0.216. The minimum absolute atomic E-state index is 0.0183. The third kappa shape index (κ3) is 4.82. The Hall–Kier alpha value is -3.02. The number of aromatic nitrogens is 1. The lowest BCUT2D eigenvalue weighted by molar-refractivity contribution is -0.134. The van der Waals surface area contributed by atoms with Crippen LogP contribution in [0.25, 0.3) is 0 Å². The summed E-state index contributed by atoms with van der Waals surface area (Å²) in [6.07, 6.45) is 3.59. The molecule has 1 aromatic heterocycles. The first-order chi connectivity index (χ1) is 13.6. The molecule has 0 aliphatic carbocycles. The van der Waals surface area contributed by atoms with Crippen LogP contribution in [0.3, 0.4) is 0 Å². The van der Waals surface area contributed by atoms with Gasteiger partial charge in [-0.05, 0) is 49.2 Å². The molecule has 1 saturated heterocycles. The molecule has 1 fully saturated rings. The number of hydrogen-bond donors (Lipinski definition) is 0. The van der Waals surface area contributed by atoms with Crippen LogP contribution in [0.4, 0.5) is 0 Å². The molecule has 6 nitrogen and oxygen atoms in total. The molecule has 3 rings (SSSR count). The van der Waals surface area contributed by atoms with Crippen molar-refractivity contribution in [2.45, 2.75) is 26.2 Å². The Labute approximate surface area is 164 Å². The Balaban J connectivity index is 1.54. The van der Waals surface area contributed by atoms with Crippen molar-refractivity contribution in [2.24, 2.45) is 5.92 Å². The molecule has 28 heavy (non-hydrogen) atoms. The van der Waals surface area contributed by atoms with Crippen molar-refractivity contribution in [1.82, 2.24) is 9.88 Å². The maximum Gasteiger partial charge on any atom is 0.260 e. The molecular formula is C22H24N2O4. The normalized spacial score (nSPS) is 16.5. The van der Waals surface area contributed by atoms with E-state index in [9.17, 15) is 14.4 Å². The van der Waals surface area contributed by atoms with E-state index in [2.05, 4.69) is 4.98 Å². The van der Waals surface area contributed by atoms with Crippen LogP contribution in [0.1, 0.15) is 47.0 Å². The van der Waals surface area contributed by atoms with E-state index in [-0.39, 0.29) is 30.0 Å². The molecule has 0 unspecified atom stereocenters. The second-order valence-electron chi connectivity index (χ2n) is 6.85. The highest BCUT2D eigenvalue weighted by molar-refractivity contribution is 5.97. The Morgan fingerprint density at radius 2 is 1.93 bits per heavy atom. The van der Waals surface area contributed by atoms with Crippen molar-refractivity contribution in [2.75, 3.05) is 19.7 Å². The highest BCUT2D eigenvalue weighted by Crippen LogP contribution is 2.21. The number of ether oxygens (including phenoxy) is 1. The number of piperidine rings is 1. The first-order valence-corrected chi connectivity index (χ1v) is 9.57. The van der Waals surface area contributed by atoms with Crippen molar-refractivity contribution >= 4 is 17.5 Å². The van der Waals surface area contributed by atoms with E-state index in [0.717, 1.165) is 12.8 Å². The molecule has 146 valence electrons. The third-order valence-corrected chi connectivity index (χ3v) is 4.92. The maximum atomic E-state index is 12.6. The van der Waals surface area contributed by atoms with Crippen molar-refractivity contribution in [1.29, 1.82) is 0 Å². The van der Waals surface area contributed by atoms with Crippen molar-refractivity contribution in [3.05, 3.63) is 59.9 Å². The second-order valence-corrected chi connectivity index (χ2v) is 6.85. The Bertz CT molecular complexity index is 833. The van der Waals surface area contributed by atoms with Gasteiger partial charge in [-0.2, -0.15) is 0 Å². The summed E-state index contributed by atoms with van der Waals surface area (Å²) in [7, 11) is 0. The van der Waals surface area contributed by atoms with Crippen LogP contribution >= 0.6 is 0 Å². The number of Topliss-reactive ketones (excluding diaryl/α,β-unsaturated/α-hetero) is 2. The standard InChI is InChI=1S/C22H24N2O4/c1-2-20(25)16-8-10-18(11-9-16)28-15-21(26)24-13-5-6-17(14-24)22(27)19-7-3-4-12-23-19/h3-4,7-12,17H,2,5-6,13-15H2,1H3/t17-/m0/s1. The first kappa shape index (κ1) is 19.7. The summed E-state index contributed by atoms with van der Waals surface area (Å²) in [5, 5.41) is 0. The van der Waals surface area contributed by atoms with Gasteiger partial charge in [0.1, 0.15) is 11.4 Å². The highest BCUT2D eigenvalue weighted by atomic mass is 16.5. The average Bonchev–Trinajstić information content (AvgIpc) is 2.77. The number of benzene rings is 1. The number of rotatable bonds is 7. The van der Waals surface area contributed by atoms with Crippen LogP contribution in [0.2, 0.25) is 0 Å². The van der Waals surface area contributed by atoms with Gasteiger partial charge < -0.3 is 9.64 Å². The number of carbonyl (C=O) groups excluding carboxylic acids is 3. The third-order valence-electron chi connectivity index (χ3n) is 4.92. The number of ketones is 2. The summed E-state index contributed by atoms with van der Waals surface area (Å²) < 4.78 is 5.57. The zero-order chi connectivity index (χ0) is 19.9. The summed E-state index contributed by atoms with van der Waals surface area (Å²) in [6.45, 7) is 2.74. The van der Waals surface area contributed by atoms with Gasteiger partial charge in [-0.1, -0.05) is 13.0 Å². The van der Waals surface area contributed by atoms with Crippen LogP contribution in [-0.2, 0) is 4.79 Å². The zero-order valence-corrected chi connectivity index (χ0v) is 16.0. The lowest BCUT2D eigenvalue weighted by atomic mass is 9.92. The fourth-order valence-corrected chi connectivity index (χ4v) is 3.31. The highest BCUT2D eigenvalue weighted by Gasteiger charge is 2.29. The molecule has 0 radical (unpaired) electrons. The first-order valence-electron chi connectivity index (χ1n) is 9.57. The second kappa shape index (κ2) is 9.26. The van der Waals surface area contributed by atoms with Gasteiger partial charge in [0.05, 0.1) is 0 Å². The summed E-state index contributed by atoms with van der Waals surface area (Å²) in [4.78, 5) is 42.6. The molecule has 0 saturated carbocycles. The molecule has 1 amide bonds. The van der Waals surface area contributed by atoms with E-state index in [0.29, 0.717) is 36.5 Å². The molecule has 0 N–H and O–H groups in total. The Kier molecular flexibility index (Phi) is 6.53. The predicted octanol–water partition coefficient (Wildman–Crippen LogP) is 3.17. The maximum absolute atomic E-state index is 12.6. The predicted molar refractivity (Wildman–Crippen MR) is 104 cm³/mol. The average molecular weight is 380 g/mol. The van der Waals surface area contributed by atoms with Crippen LogP contribution < -0.4 is 4.74 Å². The largest absolute Gasteiger partial charge is 0.484 e. The monoisotopic (exact) mass is 380 g/mol. The number of nitrogens with zero attached hydrogens (tertiary/aromatic N) is 2. The van der Waals surface area contributed by atoms with Gasteiger partial charge in [0.15, 0.2) is 18.2 Å². The lowest BCUT2D eigenvalue weighted by Crippen LogP contribution is -2.44. The van der Waals surface area contributed by atoms with Crippen molar-refractivity contribution < 1.29 is 19.1 Å². The lowest BCUT2D eigenvalue weighted by Gasteiger charge is -2.31. The van der Waals surface area contributed by atoms with Crippen LogP contribution in [0, 0.1) is 5.92 Å². The van der Waals surface area contributed by atoms with Gasteiger partial charge in [-0.15, -0.1) is 0 Å². The minimum atomic E-state index is -0.230. The van der Waals surface area contributed by atoms with Gasteiger partial charge >= 0.3 is 0 Å². The van der Waals surface area contributed by atoms with Crippen LogP contribution in [0.15, 0.2) is 48.7 Å². The molecule has 2 aromatic rings. The summed E-state index contributed by atoms with van der Waals surface area (Å²) in [6, 6.07) is 12.1. The van der Waals surface area contributed by atoms with Crippen LogP contribution in [-0.4, -0.2) is 47.1 Å². The quantitative estimate of drug-likeness (QED) is 0.690. The number of likely N-dealkylation sites (tertiary alicyclic amines) is 1. The minimum Gasteiger partial charge on any atom is -0.484 e. The van der Waals surface area contributed by atoms with E-state index in [4.69, 9.17) is 4.74 Å². The van der Waals surface area contributed by atoms with Gasteiger partial charge in [0.2, 0.25) is 0 Å². The molecule has 1 aromatic carbocycles. The molecule has 0 bridgehead atoms. The topological polar surface area (TPSA) is 76.6 Å². The van der Waals surface area contributed by atoms with Gasteiger partial charge in [0.25, 0.3) is 5.91 Å². The fourth-order valence-electron chi connectivity index (χ4n) is 3.31. The molecular weight excluding hydrogens is 356 g/mol. The zero-order valence-electron chi connectivity index (χ0n) is 16.0. The number of amides is 1. The number of hydrogen-bond acceptors (Lipinski definition) is 5. The molecule has 1 atom stereocenters. The molecule has 0 spiro atoms. The fraction of sp³-hybridized carbons (Fsp3) is 0.364. The molecule has 1 aliphatic rings. The summed E-state index contributed by atoms with van der Waals surface area (Å²) in [5.41, 5.74) is 1.08. The van der Waals surface area contributed by atoms with Gasteiger partial charge in [0, 0.05) is 37.2 Å². The Morgan fingerprint density at radius 1 is 1.14 bits per heavy atom.